The maximum absolute atomic E-state index is 12.2. The number of hydrogen-bond acceptors (Lipinski definition) is 3. The van der Waals surface area contributed by atoms with Gasteiger partial charge in [0.1, 0.15) is 0 Å². The van der Waals surface area contributed by atoms with Crippen molar-refractivity contribution in [2.45, 2.75) is 52.1 Å². The number of amides is 1. The van der Waals surface area contributed by atoms with Gasteiger partial charge in [0.05, 0.1) is 6.04 Å². The Kier molecular flexibility index (Phi) is 4.07. The van der Waals surface area contributed by atoms with E-state index in [0.717, 1.165) is 19.4 Å². The fraction of sp³-hybridized carbons (Fsp3) is 0.643. The number of carbonyl (C=O) groups excluding carboxylic acids is 1. The van der Waals surface area contributed by atoms with Gasteiger partial charge >= 0.3 is 0 Å². The van der Waals surface area contributed by atoms with E-state index in [9.17, 15) is 4.79 Å². The van der Waals surface area contributed by atoms with E-state index in [2.05, 4.69) is 19.9 Å². The van der Waals surface area contributed by atoms with E-state index in [1.165, 1.54) is 15.3 Å². The van der Waals surface area contributed by atoms with Crippen LogP contribution in [0.4, 0.5) is 0 Å². The molecule has 18 heavy (non-hydrogen) atoms. The van der Waals surface area contributed by atoms with Crippen LogP contribution in [-0.2, 0) is 4.79 Å². The number of likely N-dealkylation sites (N-methyl/N-ethyl adjacent to an activating group) is 1. The number of hydrogen-bond donors (Lipinski definition) is 1. The Labute approximate surface area is 113 Å². The summed E-state index contributed by atoms with van der Waals surface area (Å²) in [5, 5.41) is 0. The predicted octanol–water partition coefficient (Wildman–Crippen LogP) is 2.77. The first-order chi connectivity index (χ1) is 8.54. The molecule has 3 nitrogen and oxygen atoms in total. The highest BCUT2D eigenvalue weighted by Crippen LogP contribution is 2.35. The zero-order valence-electron chi connectivity index (χ0n) is 11.4. The quantitative estimate of drug-likeness (QED) is 0.894. The van der Waals surface area contributed by atoms with Crippen molar-refractivity contribution in [1.29, 1.82) is 0 Å². The average Bonchev–Trinajstić information content (AvgIpc) is 2.56. The number of thiophene rings is 1. The monoisotopic (exact) mass is 266 g/mol. The van der Waals surface area contributed by atoms with Crippen LogP contribution in [0.15, 0.2) is 6.07 Å². The van der Waals surface area contributed by atoms with Crippen LogP contribution in [0.3, 0.4) is 0 Å². The molecule has 2 heterocycles. The molecule has 1 saturated heterocycles. The molecule has 2 unspecified atom stereocenters. The van der Waals surface area contributed by atoms with Gasteiger partial charge < -0.3 is 10.6 Å². The van der Waals surface area contributed by atoms with E-state index in [1.54, 1.807) is 11.3 Å². The van der Waals surface area contributed by atoms with E-state index in [1.807, 2.05) is 11.8 Å². The minimum absolute atomic E-state index is 0.0594. The number of likely N-dealkylation sites (tertiary alicyclic amines) is 1. The summed E-state index contributed by atoms with van der Waals surface area (Å²) in [4.78, 5) is 16.7. The molecule has 1 fully saturated rings. The van der Waals surface area contributed by atoms with Crippen molar-refractivity contribution in [3.63, 3.8) is 0 Å². The zero-order chi connectivity index (χ0) is 13.3. The second-order valence-electron chi connectivity index (χ2n) is 5.05. The molecular formula is C14H22N2OS. The third-order valence-corrected chi connectivity index (χ3v) is 4.71. The molecule has 2 rings (SSSR count). The van der Waals surface area contributed by atoms with Crippen LogP contribution < -0.4 is 5.73 Å². The predicted molar refractivity (Wildman–Crippen MR) is 75.7 cm³/mol. The highest BCUT2D eigenvalue weighted by Gasteiger charge is 2.33. The fourth-order valence-corrected chi connectivity index (χ4v) is 3.86. The van der Waals surface area contributed by atoms with Crippen LogP contribution in [0.5, 0.6) is 0 Å². The topological polar surface area (TPSA) is 46.3 Å². The first-order valence-electron chi connectivity index (χ1n) is 6.66. The molecule has 0 saturated carbocycles. The Bertz CT molecular complexity index is 441. The molecule has 2 N–H and O–H groups in total. The molecular weight excluding hydrogens is 244 g/mol. The maximum Gasteiger partial charge on any atom is 0.223 e. The van der Waals surface area contributed by atoms with Crippen LogP contribution in [0.2, 0.25) is 0 Å². The highest BCUT2D eigenvalue weighted by atomic mass is 32.1. The van der Waals surface area contributed by atoms with Crippen molar-refractivity contribution < 1.29 is 4.79 Å². The minimum atomic E-state index is 0.0594. The standard InChI is InChI=1S/C14H22N2OS/c1-4-16-13(17)7-5-6-12(15)14(16)11-8-9(2)18-10(11)3/h8,12,14H,4-7,15H2,1-3H3. The van der Waals surface area contributed by atoms with Crippen LogP contribution >= 0.6 is 11.3 Å². The van der Waals surface area contributed by atoms with E-state index < -0.39 is 0 Å². The Hall–Kier alpha value is -0.870. The summed E-state index contributed by atoms with van der Waals surface area (Å²) < 4.78 is 0. The van der Waals surface area contributed by atoms with Gasteiger partial charge in [0.2, 0.25) is 5.91 Å². The summed E-state index contributed by atoms with van der Waals surface area (Å²) in [6.45, 7) is 7.02. The van der Waals surface area contributed by atoms with E-state index >= 15 is 0 Å². The van der Waals surface area contributed by atoms with Gasteiger partial charge in [-0.05, 0) is 45.2 Å². The summed E-state index contributed by atoms with van der Waals surface area (Å²) in [6.07, 6.45) is 2.48. The van der Waals surface area contributed by atoms with Gasteiger partial charge in [-0.25, -0.2) is 0 Å². The summed E-state index contributed by atoms with van der Waals surface area (Å²) in [5.41, 5.74) is 7.58. The fourth-order valence-electron chi connectivity index (χ4n) is 2.89. The first-order valence-corrected chi connectivity index (χ1v) is 7.48. The van der Waals surface area contributed by atoms with E-state index in [0.29, 0.717) is 6.42 Å². The molecule has 1 aromatic heterocycles. The van der Waals surface area contributed by atoms with Gasteiger partial charge in [0.15, 0.2) is 0 Å². The number of aryl methyl sites for hydroxylation is 2. The highest BCUT2D eigenvalue weighted by molar-refractivity contribution is 7.12. The van der Waals surface area contributed by atoms with Crippen LogP contribution in [0.1, 0.15) is 47.5 Å². The van der Waals surface area contributed by atoms with Crippen LogP contribution in [0, 0.1) is 13.8 Å². The summed E-state index contributed by atoms with van der Waals surface area (Å²) in [7, 11) is 0. The van der Waals surface area contributed by atoms with Crippen molar-refractivity contribution in [3.05, 3.63) is 21.4 Å². The molecule has 0 bridgehead atoms. The molecule has 1 aromatic rings. The molecule has 100 valence electrons. The molecule has 0 aliphatic carbocycles. The number of nitrogens with zero attached hydrogens (tertiary/aromatic N) is 1. The van der Waals surface area contributed by atoms with Gasteiger partial charge in [-0.2, -0.15) is 0 Å². The molecule has 4 heteroatoms. The number of nitrogens with two attached hydrogens (primary N) is 1. The maximum atomic E-state index is 12.2. The first kappa shape index (κ1) is 13.6. The van der Waals surface area contributed by atoms with Crippen molar-refractivity contribution in [1.82, 2.24) is 4.90 Å². The Morgan fingerprint density at radius 3 is 2.78 bits per heavy atom. The number of rotatable bonds is 2. The largest absolute Gasteiger partial charge is 0.334 e. The summed E-state index contributed by atoms with van der Waals surface area (Å²) in [5.74, 6) is 0.249. The number of carbonyl (C=O) groups is 1. The van der Waals surface area contributed by atoms with Gasteiger partial charge in [-0.15, -0.1) is 11.3 Å². The van der Waals surface area contributed by atoms with Gasteiger partial charge in [-0.3, -0.25) is 4.79 Å². The summed E-state index contributed by atoms with van der Waals surface area (Å²) >= 11 is 1.79. The van der Waals surface area contributed by atoms with Crippen LogP contribution in [-0.4, -0.2) is 23.4 Å². The zero-order valence-corrected chi connectivity index (χ0v) is 12.2. The third kappa shape index (κ3) is 2.45. The summed E-state index contributed by atoms with van der Waals surface area (Å²) in [6, 6.07) is 2.32. The van der Waals surface area contributed by atoms with E-state index in [4.69, 9.17) is 5.73 Å². The molecule has 0 spiro atoms. The second-order valence-corrected chi connectivity index (χ2v) is 6.51. The minimum Gasteiger partial charge on any atom is -0.334 e. The lowest BCUT2D eigenvalue weighted by Crippen LogP contribution is -2.42. The Balaban J connectivity index is 2.41. The SMILES string of the molecule is CCN1C(=O)CCCC(N)C1c1cc(C)sc1C. The molecule has 1 aliphatic heterocycles. The molecule has 1 aliphatic rings. The lowest BCUT2D eigenvalue weighted by molar-refractivity contribution is -0.133. The Morgan fingerprint density at radius 2 is 2.22 bits per heavy atom. The smallest absolute Gasteiger partial charge is 0.223 e. The lowest BCUT2D eigenvalue weighted by atomic mass is 9.96. The van der Waals surface area contributed by atoms with E-state index in [-0.39, 0.29) is 18.0 Å². The van der Waals surface area contributed by atoms with Gasteiger partial charge in [-0.1, -0.05) is 0 Å². The molecule has 0 radical (unpaired) electrons. The van der Waals surface area contributed by atoms with Crippen molar-refractivity contribution >= 4 is 17.2 Å². The van der Waals surface area contributed by atoms with Crippen LogP contribution in [0.25, 0.3) is 0 Å². The molecule has 1 amide bonds. The third-order valence-electron chi connectivity index (χ3n) is 3.73. The van der Waals surface area contributed by atoms with Gasteiger partial charge in [0.25, 0.3) is 0 Å². The van der Waals surface area contributed by atoms with Crippen molar-refractivity contribution in [3.8, 4) is 0 Å². The average molecular weight is 266 g/mol. The lowest BCUT2D eigenvalue weighted by Gasteiger charge is -2.33. The molecule has 0 aromatic carbocycles. The van der Waals surface area contributed by atoms with Crippen molar-refractivity contribution in [2.75, 3.05) is 6.54 Å². The van der Waals surface area contributed by atoms with Crippen molar-refractivity contribution in [2.24, 2.45) is 5.73 Å². The Morgan fingerprint density at radius 1 is 1.50 bits per heavy atom. The van der Waals surface area contributed by atoms with Gasteiger partial charge in [0, 0.05) is 28.8 Å². The normalized spacial score (nSPS) is 25.3. The second kappa shape index (κ2) is 5.41. The molecule has 2 atom stereocenters.